The van der Waals surface area contributed by atoms with Gasteiger partial charge in [0.2, 0.25) is 0 Å². The zero-order chi connectivity index (χ0) is 3.41. The van der Waals surface area contributed by atoms with E-state index in [0.29, 0.717) is 0 Å². The zero-order valence-electron chi connectivity index (χ0n) is 1.76. The number of hydrogen-bond acceptors (Lipinski definition) is 2. The summed E-state index contributed by atoms with van der Waals surface area (Å²) in [7, 11) is 0. The van der Waals surface area contributed by atoms with Crippen LogP contribution in [-0.4, -0.2) is 18.2 Å². The second-order valence-electron chi connectivity index (χ2n) is 0.183. The quantitative estimate of drug-likeness (QED) is 0.530. The second kappa shape index (κ2) is 4.13. The van der Waals surface area contributed by atoms with Crippen molar-refractivity contribution in [1.29, 1.82) is 0 Å². The summed E-state index contributed by atoms with van der Waals surface area (Å²) in [6, 6.07) is 0. The van der Waals surface area contributed by atoms with E-state index in [4.69, 9.17) is 0 Å². The topological polar surface area (TPSA) is 34.1 Å². The molecular formula is O2SbTi. The van der Waals surface area contributed by atoms with Crippen LogP contribution in [0.2, 0.25) is 0 Å². The Balaban J connectivity index is 2.73. The van der Waals surface area contributed by atoms with E-state index in [1.807, 2.05) is 0 Å². The molecule has 0 aliphatic rings. The Morgan fingerprint density at radius 2 is 2.00 bits per heavy atom. The molecule has 0 aromatic carbocycles. The maximum atomic E-state index is 9.19. The molecule has 4 heteroatoms. The van der Waals surface area contributed by atoms with Crippen LogP contribution in [0.4, 0.5) is 0 Å². The van der Waals surface area contributed by atoms with E-state index in [9.17, 15) is 6.34 Å². The van der Waals surface area contributed by atoms with Gasteiger partial charge in [-0.1, -0.05) is 0 Å². The Kier molecular flexibility index (Phi) is 5.30. The predicted molar refractivity (Wildman–Crippen MR) is 7.13 cm³/mol. The third kappa shape index (κ3) is 3.13. The molecule has 0 spiro atoms. The molecule has 0 amide bonds. The molecule has 0 atom stereocenters. The first-order valence-corrected chi connectivity index (χ1v) is 8.25. The van der Waals surface area contributed by atoms with Crippen LogP contribution in [0.15, 0.2) is 0 Å². The van der Waals surface area contributed by atoms with Crippen molar-refractivity contribution in [1.82, 2.24) is 0 Å². The van der Waals surface area contributed by atoms with Crippen molar-refractivity contribution >= 4 is 18.2 Å². The molecule has 0 bridgehead atoms. The normalized spacial score (nSPS) is 4.00. The van der Waals surface area contributed by atoms with E-state index in [1.165, 1.54) is 0 Å². The molecule has 0 radical (unpaired) electrons. The Morgan fingerprint density at radius 1 is 1.75 bits per heavy atom. The van der Waals surface area contributed by atoms with Crippen LogP contribution >= 0.6 is 0 Å². The standard InChI is InChI=1S/2O.Sb.Ti. The van der Waals surface area contributed by atoms with Gasteiger partial charge in [0.05, 0.1) is 0 Å². The van der Waals surface area contributed by atoms with Gasteiger partial charge in [-0.3, -0.25) is 0 Å². The van der Waals surface area contributed by atoms with Gasteiger partial charge in [0, 0.05) is 0 Å². The Labute approximate surface area is 39.6 Å². The molecule has 0 rings (SSSR count). The van der Waals surface area contributed by atoms with E-state index in [-0.39, 0.29) is 0 Å². The van der Waals surface area contributed by atoms with Gasteiger partial charge in [-0.25, -0.2) is 0 Å². The molecule has 0 N–H and O–H groups in total. The molecule has 21 valence electrons. The molecule has 0 saturated carbocycles. The fraction of sp³-hybridized carbons (Fsp3) is 0. The molecule has 0 aromatic heterocycles. The number of hydrogen-bond donors (Lipinski definition) is 0. The molecule has 0 unspecified atom stereocenters. The molecule has 2 nitrogen and oxygen atoms in total. The van der Waals surface area contributed by atoms with Crippen molar-refractivity contribution in [2.24, 2.45) is 0 Å². The van der Waals surface area contributed by atoms with Crippen LogP contribution in [0, 0.1) is 0 Å². The molecule has 0 aliphatic carbocycles. The van der Waals surface area contributed by atoms with Crippen LogP contribution in [0.1, 0.15) is 0 Å². The SMILES string of the molecule is [O]=[Ti][Sb]=[O]. The van der Waals surface area contributed by atoms with Crippen molar-refractivity contribution in [3.8, 4) is 0 Å². The third-order valence-electron chi connectivity index (χ3n) is 0.0373. The molecule has 0 fully saturated rings. The van der Waals surface area contributed by atoms with Crippen molar-refractivity contribution in [3.63, 3.8) is 0 Å². The van der Waals surface area contributed by atoms with Gasteiger partial charge in [0.25, 0.3) is 0 Å². The summed E-state index contributed by atoms with van der Waals surface area (Å²) in [6.45, 7) is 0. The van der Waals surface area contributed by atoms with Crippen molar-refractivity contribution in [2.45, 2.75) is 0 Å². The van der Waals surface area contributed by atoms with Gasteiger partial charge >= 0.3 is 39.8 Å². The number of rotatable bonds is 1. The first-order chi connectivity index (χ1) is 1.91. The summed E-state index contributed by atoms with van der Waals surface area (Å²) >= 11 is -2.47. The van der Waals surface area contributed by atoms with Crippen LogP contribution in [0.3, 0.4) is 0 Å². The Hall–Kier alpha value is 1.13. The Bertz CT molecular complexity index is 27.0. The molecule has 0 saturated heterocycles. The van der Waals surface area contributed by atoms with E-state index in [2.05, 4.69) is 0 Å². The molecule has 4 heavy (non-hydrogen) atoms. The summed E-state index contributed by atoms with van der Waals surface area (Å²) in [4.78, 5) is 0. The fourth-order valence-electron chi connectivity index (χ4n) is 0. The summed E-state index contributed by atoms with van der Waals surface area (Å²) in [6.07, 6.45) is 0. The van der Waals surface area contributed by atoms with Crippen LogP contribution in [-0.2, 0) is 21.6 Å². The van der Waals surface area contributed by atoms with Gasteiger partial charge in [0.15, 0.2) is 0 Å². The van der Waals surface area contributed by atoms with E-state index in [1.54, 1.807) is 0 Å². The van der Waals surface area contributed by atoms with Crippen molar-refractivity contribution < 1.29 is 21.6 Å². The van der Waals surface area contributed by atoms with Gasteiger partial charge in [-0.05, 0) is 0 Å². The van der Waals surface area contributed by atoms with Crippen LogP contribution < -0.4 is 0 Å². The van der Waals surface area contributed by atoms with Crippen molar-refractivity contribution in [2.75, 3.05) is 0 Å². The molecule has 0 aliphatic heterocycles. The average molecular weight is 202 g/mol. The monoisotopic (exact) mass is 201 g/mol. The van der Waals surface area contributed by atoms with E-state index in [0.717, 1.165) is 0 Å². The van der Waals surface area contributed by atoms with Gasteiger partial charge < -0.3 is 0 Å². The van der Waals surface area contributed by atoms with Gasteiger partial charge in [-0.2, -0.15) is 0 Å². The minimum atomic E-state index is -1.33. The average Bonchev–Trinajstić information content (AvgIpc) is 1.37. The molecule has 0 aromatic rings. The predicted octanol–water partition coefficient (Wildman–Crippen LogP) is -0.621. The summed E-state index contributed by atoms with van der Waals surface area (Å²) in [5, 5.41) is 0. The van der Waals surface area contributed by atoms with Crippen LogP contribution in [0.25, 0.3) is 0 Å². The minimum absolute atomic E-state index is 1.14. The van der Waals surface area contributed by atoms with E-state index >= 15 is 0 Å². The third-order valence-corrected chi connectivity index (χ3v) is 1.03. The second-order valence-corrected chi connectivity index (χ2v) is 5.05. The van der Waals surface area contributed by atoms with Crippen molar-refractivity contribution in [3.05, 3.63) is 0 Å². The zero-order valence-corrected chi connectivity index (χ0v) is 5.88. The summed E-state index contributed by atoms with van der Waals surface area (Å²) < 4.78 is 18.4. The Morgan fingerprint density at radius 3 is 2.00 bits per heavy atom. The summed E-state index contributed by atoms with van der Waals surface area (Å²) in [5.41, 5.74) is 0. The van der Waals surface area contributed by atoms with Crippen LogP contribution in [0.5, 0.6) is 0 Å². The molecule has 0 heterocycles. The van der Waals surface area contributed by atoms with Gasteiger partial charge in [0.1, 0.15) is 0 Å². The fourth-order valence-corrected chi connectivity index (χ4v) is 0. The first kappa shape index (κ1) is 5.13. The summed E-state index contributed by atoms with van der Waals surface area (Å²) in [5.74, 6) is 0. The first-order valence-electron chi connectivity index (χ1n) is 0.610. The molecular weight excluding hydrogens is 202 g/mol. The van der Waals surface area contributed by atoms with E-state index < -0.39 is 33.4 Å². The van der Waals surface area contributed by atoms with Gasteiger partial charge in [-0.15, -0.1) is 0 Å². The maximum absolute atomic E-state index is 9.19.